The van der Waals surface area contributed by atoms with Gasteiger partial charge in [-0.2, -0.15) is 0 Å². The van der Waals surface area contributed by atoms with E-state index in [1.54, 1.807) is 26.4 Å². The molecule has 0 bridgehead atoms. The Morgan fingerprint density at radius 1 is 0.500 bits per heavy atom. The van der Waals surface area contributed by atoms with Gasteiger partial charge in [-0.1, -0.05) is 138 Å². The molecule has 0 spiro atoms. The van der Waals surface area contributed by atoms with Crippen molar-refractivity contribution in [2.75, 3.05) is 14.2 Å². The number of hydrogen-bond acceptors (Lipinski definition) is 5. The van der Waals surface area contributed by atoms with Crippen LogP contribution in [0.15, 0.2) is 123 Å². The molecule has 330 valence electrons. The standard InChI is InChI=1S/C58H63O6/c1-55(2,3)43-31-39(32-44(53(43)61-13)56(4,5)6)49-29-35(27-47(63-49)37-21-17-15-18-22-37)25-41-51(59)42(52(41)60)26-36-28-48(38-23-19-16-20-24-38)64-50(30-36)40-33-45(57(7,8)9)54(62-14)46(34-40)58(10,11)12/h15-35H,1-14H3/q+1. The van der Waals surface area contributed by atoms with Gasteiger partial charge in [0.2, 0.25) is 10.9 Å². The van der Waals surface area contributed by atoms with Crippen molar-refractivity contribution in [2.45, 2.75) is 105 Å². The lowest BCUT2D eigenvalue weighted by Gasteiger charge is -2.31. The van der Waals surface area contributed by atoms with Crippen molar-refractivity contribution < 1.29 is 18.6 Å². The fourth-order valence-electron chi connectivity index (χ4n) is 8.37. The van der Waals surface area contributed by atoms with Crippen LogP contribution in [0, 0.1) is 5.92 Å². The fourth-order valence-corrected chi connectivity index (χ4v) is 8.37. The minimum Gasteiger partial charge on any atom is -0.496 e. The van der Waals surface area contributed by atoms with Gasteiger partial charge >= 0.3 is 11.5 Å². The summed E-state index contributed by atoms with van der Waals surface area (Å²) >= 11 is 0. The molecule has 0 amide bonds. The van der Waals surface area contributed by atoms with Crippen molar-refractivity contribution in [1.82, 2.24) is 0 Å². The van der Waals surface area contributed by atoms with Crippen LogP contribution in [0.4, 0.5) is 0 Å². The molecule has 0 radical (unpaired) electrons. The Balaban J connectivity index is 1.39. The monoisotopic (exact) mass is 855 g/mol. The summed E-state index contributed by atoms with van der Waals surface area (Å²) in [6.45, 7) is 26.1. The van der Waals surface area contributed by atoms with Crippen molar-refractivity contribution in [3.05, 3.63) is 179 Å². The van der Waals surface area contributed by atoms with E-state index < -0.39 is 5.92 Å². The SMILES string of the molecule is COc1c(C(C)(C)C)cc(C2=CC(C=c3c(=O)c(=Cc4cc(-c5ccccc5)[o+]c(-c5cc(C(C)(C)C)c(OC)c(C(C)(C)C)c5)c4)c3=O)C=C(c3ccccc3)O2)cc1C(C)(C)C. The van der Waals surface area contributed by atoms with Gasteiger partial charge in [-0.3, -0.25) is 9.59 Å². The van der Waals surface area contributed by atoms with Gasteiger partial charge in [0.05, 0.1) is 47.9 Å². The van der Waals surface area contributed by atoms with Crippen molar-refractivity contribution >= 4 is 23.7 Å². The van der Waals surface area contributed by atoms with Crippen LogP contribution in [-0.2, 0) is 26.4 Å². The van der Waals surface area contributed by atoms with Gasteiger partial charge in [-0.05, 0) is 81.8 Å². The minimum atomic E-state index is -0.405. The molecule has 0 N–H and O–H groups in total. The van der Waals surface area contributed by atoms with Crippen LogP contribution in [0.5, 0.6) is 11.5 Å². The molecule has 1 unspecified atom stereocenters. The number of ether oxygens (including phenoxy) is 3. The van der Waals surface area contributed by atoms with Crippen molar-refractivity contribution in [2.24, 2.45) is 5.92 Å². The maximum Gasteiger partial charge on any atom is 0.361 e. The Hall–Kier alpha value is -6.27. The van der Waals surface area contributed by atoms with Crippen LogP contribution in [0.3, 0.4) is 0 Å². The molecule has 2 heterocycles. The molecule has 64 heavy (non-hydrogen) atoms. The van der Waals surface area contributed by atoms with E-state index in [-0.39, 0.29) is 43.0 Å². The van der Waals surface area contributed by atoms with Gasteiger partial charge in [-0.15, -0.1) is 0 Å². The van der Waals surface area contributed by atoms with E-state index in [0.29, 0.717) is 28.6 Å². The van der Waals surface area contributed by atoms with E-state index in [1.165, 1.54) is 0 Å². The largest absolute Gasteiger partial charge is 0.496 e. The average Bonchev–Trinajstić information content (AvgIpc) is 3.25. The summed E-state index contributed by atoms with van der Waals surface area (Å²) in [5.41, 5.74) is 6.98. The number of benzene rings is 4. The Kier molecular flexibility index (Phi) is 12.2. The smallest absolute Gasteiger partial charge is 0.361 e. The number of allylic oxidation sites excluding steroid dienone is 2. The van der Waals surface area contributed by atoms with Gasteiger partial charge in [0.1, 0.15) is 23.0 Å². The van der Waals surface area contributed by atoms with E-state index in [2.05, 4.69) is 107 Å². The summed E-state index contributed by atoms with van der Waals surface area (Å²) in [6, 6.07) is 32.1. The van der Waals surface area contributed by atoms with Crippen LogP contribution in [0.1, 0.15) is 122 Å². The van der Waals surface area contributed by atoms with Crippen molar-refractivity contribution in [1.29, 1.82) is 0 Å². The molecule has 1 aromatic heterocycles. The van der Waals surface area contributed by atoms with Gasteiger partial charge in [0.15, 0.2) is 0 Å². The molecule has 6 nitrogen and oxygen atoms in total. The zero-order valence-electron chi connectivity index (χ0n) is 40.1. The lowest BCUT2D eigenvalue weighted by molar-refractivity contribution is 0.381. The highest BCUT2D eigenvalue weighted by Gasteiger charge is 2.32. The van der Waals surface area contributed by atoms with Gasteiger partial charge in [-0.25, -0.2) is 4.42 Å². The molecule has 6 heteroatoms. The second-order valence-electron chi connectivity index (χ2n) is 21.1. The van der Waals surface area contributed by atoms with E-state index in [1.807, 2.05) is 84.9 Å². The summed E-state index contributed by atoms with van der Waals surface area (Å²) in [6.07, 6.45) is 7.43. The molecule has 6 aromatic rings. The van der Waals surface area contributed by atoms with Crippen LogP contribution in [-0.4, -0.2) is 14.2 Å². The Morgan fingerprint density at radius 2 is 0.891 bits per heavy atom. The molecular formula is C58H63O6+. The van der Waals surface area contributed by atoms with Gasteiger partial charge in [0, 0.05) is 39.3 Å². The molecular weight excluding hydrogens is 793 g/mol. The highest BCUT2D eigenvalue weighted by molar-refractivity contribution is 5.77. The Bertz CT molecular complexity index is 2880. The fraction of sp³-hybridized carbons (Fsp3) is 0.328. The van der Waals surface area contributed by atoms with E-state index in [0.717, 1.165) is 56.0 Å². The second kappa shape index (κ2) is 17.0. The first kappa shape index (κ1) is 45.7. The summed E-state index contributed by atoms with van der Waals surface area (Å²) < 4.78 is 25.5. The van der Waals surface area contributed by atoms with E-state index >= 15 is 0 Å². The predicted octanol–water partition coefficient (Wildman–Crippen LogP) is 12.0. The van der Waals surface area contributed by atoms with Crippen molar-refractivity contribution in [3.8, 4) is 34.1 Å². The zero-order valence-corrected chi connectivity index (χ0v) is 40.1. The molecule has 1 atom stereocenters. The molecule has 5 aromatic carbocycles. The maximum atomic E-state index is 14.1. The van der Waals surface area contributed by atoms with Crippen LogP contribution in [0.25, 0.3) is 46.3 Å². The van der Waals surface area contributed by atoms with Crippen LogP contribution >= 0.6 is 0 Å². The highest BCUT2D eigenvalue weighted by Crippen LogP contribution is 2.45. The molecule has 7 rings (SSSR count). The molecule has 0 fully saturated rings. The first-order valence-corrected chi connectivity index (χ1v) is 22.2. The van der Waals surface area contributed by atoms with E-state index in [9.17, 15) is 9.59 Å². The lowest BCUT2D eigenvalue weighted by Crippen LogP contribution is -2.64. The molecule has 0 saturated carbocycles. The third-order valence-corrected chi connectivity index (χ3v) is 11.9. The second-order valence-corrected chi connectivity index (χ2v) is 21.1. The quantitative estimate of drug-likeness (QED) is 0.142. The Morgan fingerprint density at radius 3 is 1.31 bits per heavy atom. The minimum absolute atomic E-state index is 0.131. The topological polar surface area (TPSA) is 73.1 Å². The molecule has 1 aliphatic rings. The van der Waals surface area contributed by atoms with E-state index in [4.69, 9.17) is 18.6 Å². The maximum absolute atomic E-state index is 14.1. The third-order valence-electron chi connectivity index (χ3n) is 11.9. The molecule has 1 aliphatic heterocycles. The summed E-state index contributed by atoms with van der Waals surface area (Å²) in [7, 11) is 3.45. The summed E-state index contributed by atoms with van der Waals surface area (Å²) in [4.78, 5) is 28.3. The van der Waals surface area contributed by atoms with Gasteiger partial charge in [0.25, 0.3) is 0 Å². The third kappa shape index (κ3) is 9.33. The van der Waals surface area contributed by atoms with Gasteiger partial charge < -0.3 is 14.2 Å². The first-order chi connectivity index (χ1) is 30.0. The first-order valence-electron chi connectivity index (χ1n) is 22.2. The number of methoxy groups -OCH3 is 2. The molecule has 0 saturated heterocycles. The van der Waals surface area contributed by atoms with Crippen LogP contribution in [0.2, 0.25) is 0 Å². The summed E-state index contributed by atoms with van der Waals surface area (Å²) in [5, 5.41) is 0.285. The molecule has 0 aliphatic carbocycles. The Labute approximate surface area is 379 Å². The summed E-state index contributed by atoms with van der Waals surface area (Å²) in [5.74, 6) is 3.85. The normalized spacial score (nSPS) is 14.7. The number of hydrogen-bond donors (Lipinski definition) is 0. The average molecular weight is 856 g/mol. The van der Waals surface area contributed by atoms with Crippen LogP contribution < -0.4 is 30.8 Å². The predicted molar refractivity (Wildman–Crippen MR) is 264 cm³/mol. The zero-order chi connectivity index (χ0) is 46.5. The number of rotatable bonds is 8. The lowest BCUT2D eigenvalue weighted by atomic mass is 9.78. The highest BCUT2D eigenvalue weighted by atomic mass is 16.5. The van der Waals surface area contributed by atoms with Crippen molar-refractivity contribution in [3.63, 3.8) is 0 Å².